The number of sulfonamides is 1. The zero-order valence-electron chi connectivity index (χ0n) is 16.4. The number of pyridine rings is 1. The number of aromatic carboxylic acids is 1. The van der Waals surface area contributed by atoms with Crippen molar-refractivity contribution in [2.75, 3.05) is 28.0 Å². The van der Waals surface area contributed by atoms with Crippen molar-refractivity contribution in [2.24, 2.45) is 11.8 Å². The molecule has 1 aliphatic carbocycles. The van der Waals surface area contributed by atoms with E-state index in [1.807, 2.05) is 30.3 Å². The van der Waals surface area contributed by atoms with Gasteiger partial charge in [0.2, 0.25) is 10.0 Å². The van der Waals surface area contributed by atoms with Crippen molar-refractivity contribution >= 4 is 27.6 Å². The highest BCUT2D eigenvalue weighted by Gasteiger charge is 2.35. The van der Waals surface area contributed by atoms with Crippen LogP contribution < -0.4 is 9.21 Å². The van der Waals surface area contributed by atoms with Crippen LogP contribution in [0, 0.1) is 11.8 Å². The predicted molar refractivity (Wildman–Crippen MR) is 112 cm³/mol. The first-order valence-corrected chi connectivity index (χ1v) is 11.5. The molecule has 4 rings (SSSR count). The third-order valence-electron chi connectivity index (χ3n) is 5.67. The maximum absolute atomic E-state index is 12.4. The van der Waals surface area contributed by atoms with Crippen LogP contribution in [-0.4, -0.2) is 43.3 Å². The Kier molecular flexibility index (Phi) is 5.21. The summed E-state index contributed by atoms with van der Waals surface area (Å²) in [5, 5.41) is 9.60. The van der Waals surface area contributed by atoms with Gasteiger partial charge in [-0.15, -0.1) is 0 Å². The van der Waals surface area contributed by atoms with E-state index >= 15 is 0 Å². The van der Waals surface area contributed by atoms with Crippen molar-refractivity contribution < 1.29 is 18.3 Å². The Morgan fingerprint density at radius 1 is 1.28 bits per heavy atom. The lowest BCUT2D eigenvalue weighted by atomic mass is 10.2. The second-order valence-corrected chi connectivity index (χ2v) is 9.97. The van der Waals surface area contributed by atoms with Gasteiger partial charge in [-0.3, -0.25) is 4.31 Å². The normalized spacial score (nSPS) is 22.4. The highest BCUT2D eigenvalue weighted by atomic mass is 32.2. The van der Waals surface area contributed by atoms with Gasteiger partial charge in [0.25, 0.3) is 0 Å². The molecule has 2 fully saturated rings. The maximum Gasteiger partial charge on any atom is 0.335 e. The second kappa shape index (κ2) is 7.67. The van der Waals surface area contributed by atoms with Crippen LogP contribution >= 0.6 is 0 Å². The van der Waals surface area contributed by atoms with Crippen LogP contribution in [0.5, 0.6) is 0 Å². The first-order chi connectivity index (χ1) is 13.8. The summed E-state index contributed by atoms with van der Waals surface area (Å²) in [6, 6.07) is 12.8. The highest BCUT2D eigenvalue weighted by molar-refractivity contribution is 7.93. The van der Waals surface area contributed by atoms with Gasteiger partial charge in [0.1, 0.15) is 11.6 Å². The largest absolute Gasteiger partial charge is 0.478 e. The Morgan fingerprint density at radius 3 is 2.59 bits per heavy atom. The highest BCUT2D eigenvalue weighted by Crippen LogP contribution is 2.39. The van der Waals surface area contributed by atoms with Gasteiger partial charge in [-0.1, -0.05) is 37.3 Å². The van der Waals surface area contributed by atoms with Crippen molar-refractivity contribution in [1.29, 1.82) is 0 Å². The summed E-state index contributed by atoms with van der Waals surface area (Å²) >= 11 is 0. The van der Waals surface area contributed by atoms with Crippen LogP contribution in [0.1, 0.15) is 35.7 Å². The van der Waals surface area contributed by atoms with Crippen LogP contribution in [0.15, 0.2) is 42.5 Å². The van der Waals surface area contributed by atoms with Crippen LogP contribution in [0.4, 0.5) is 11.6 Å². The van der Waals surface area contributed by atoms with Crippen molar-refractivity contribution in [1.82, 2.24) is 4.98 Å². The van der Waals surface area contributed by atoms with E-state index in [2.05, 4.69) is 16.8 Å². The second-order valence-electron chi connectivity index (χ2n) is 7.96. The zero-order chi connectivity index (χ0) is 20.6. The lowest BCUT2D eigenvalue weighted by Gasteiger charge is -2.26. The topological polar surface area (TPSA) is 90.8 Å². The molecule has 1 aromatic heterocycles. The van der Waals surface area contributed by atoms with E-state index in [0.717, 1.165) is 18.5 Å². The zero-order valence-corrected chi connectivity index (χ0v) is 17.2. The van der Waals surface area contributed by atoms with Gasteiger partial charge in [0.15, 0.2) is 0 Å². The van der Waals surface area contributed by atoms with Gasteiger partial charge in [-0.25, -0.2) is 18.2 Å². The maximum atomic E-state index is 12.4. The van der Waals surface area contributed by atoms with Crippen LogP contribution in [0.25, 0.3) is 0 Å². The molecular weight excluding hydrogens is 390 g/mol. The summed E-state index contributed by atoms with van der Waals surface area (Å²) in [5.41, 5.74) is 1.15. The molecule has 2 aliphatic rings. The molecule has 0 amide bonds. The number of anilines is 2. The minimum absolute atomic E-state index is 0.0500. The van der Waals surface area contributed by atoms with Crippen molar-refractivity contribution in [3.8, 4) is 0 Å². The van der Waals surface area contributed by atoms with E-state index in [0.29, 0.717) is 37.2 Å². The minimum atomic E-state index is -3.44. The van der Waals surface area contributed by atoms with E-state index in [1.54, 1.807) is 6.07 Å². The lowest BCUT2D eigenvalue weighted by molar-refractivity contribution is 0.0696. The van der Waals surface area contributed by atoms with Gasteiger partial charge >= 0.3 is 5.97 Å². The smallest absolute Gasteiger partial charge is 0.335 e. The molecule has 29 heavy (non-hydrogen) atoms. The molecule has 2 heterocycles. The number of rotatable bonds is 7. The van der Waals surface area contributed by atoms with E-state index in [-0.39, 0.29) is 17.1 Å². The van der Waals surface area contributed by atoms with Crippen LogP contribution in [-0.2, 0) is 16.6 Å². The molecule has 7 nitrogen and oxygen atoms in total. The van der Waals surface area contributed by atoms with E-state index in [1.165, 1.54) is 10.4 Å². The Balaban J connectivity index is 1.73. The molecule has 0 unspecified atom stereocenters. The standard InChI is InChI=1S/C21H25N3O4S/c1-15-10-18(15)14-23(13-16-6-3-2-4-7-16)19-11-17(21(25)26)12-20(22-19)24-8-5-9-29(24,27)28/h2-4,6-7,11-12,15,18H,5,8-10,13-14H2,1H3,(H,25,26)/t15-,18+/m1/s1. The quantitative estimate of drug-likeness (QED) is 0.748. The Morgan fingerprint density at radius 2 is 2.00 bits per heavy atom. The van der Waals surface area contributed by atoms with E-state index in [4.69, 9.17) is 0 Å². The number of carbonyl (C=O) groups is 1. The molecule has 1 N–H and O–H groups in total. The first-order valence-electron chi connectivity index (χ1n) is 9.88. The number of nitrogens with zero attached hydrogens (tertiary/aromatic N) is 3. The molecule has 1 saturated carbocycles. The summed E-state index contributed by atoms with van der Waals surface area (Å²) in [7, 11) is -3.44. The number of aromatic nitrogens is 1. The fourth-order valence-electron chi connectivity index (χ4n) is 3.79. The van der Waals surface area contributed by atoms with E-state index in [9.17, 15) is 18.3 Å². The van der Waals surface area contributed by atoms with Crippen molar-refractivity contribution in [2.45, 2.75) is 26.3 Å². The fourth-order valence-corrected chi connectivity index (χ4v) is 5.29. The molecule has 2 atom stereocenters. The van der Waals surface area contributed by atoms with Crippen LogP contribution in [0.3, 0.4) is 0 Å². The molecule has 0 bridgehead atoms. The molecule has 2 aromatic rings. The van der Waals surface area contributed by atoms with Crippen molar-refractivity contribution in [3.05, 3.63) is 53.6 Å². The van der Waals surface area contributed by atoms with Gasteiger partial charge in [-0.05, 0) is 42.4 Å². The molecule has 0 spiro atoms. The minimum Gasteiger partial charge on any atom is -0.478 e. The third-order valence-corrected chi connectivity index (χ3v) is 7.52. The molecule has 8 heteroatoms. The number of carboxylic acid groups (broad SMARTS) is 1. The number of benzene rings is 1. The summed E-state index contributed by atoms with van der Waals surface area (Å²) < 4.78 is 26.0. The first kappa shape index (κ1) is 19.7. The summed E-state index contributed by atoms with van der Waals surface area (Å²) in [6.45, 7) is 3.88. The molecule has 0 radical (unpaired) electrons. The fraction of sp³-hybridized carbons (Fsp3) is 0.429. The average Bonchev–Trinajstić information content (AvgIpc) is 3.26. The van der Waals surface area contributed by atoms with Crippen LogP contribution in [0.2, 0.25) is 0 Å². The Hall–Kier alpha value is -2.61. The van der Waals surface area contributed by atoms with Crippen molar-refractivity contribution in [3.63, 3.8) is 0 Å². The summed E-state index contributed by atoms with van der Waals surface area (Å²) in [4.78, 5) is 18.4. The summed E-state index contributed by atoms with van der Waals surface area (Å²) in [6.07, 6.45) is 1.65. The molecule has 1 aliphatic heterocycles. The third kappa shape index (κ3) is 4.37. The Bertz CT molecular complexity index is 1010. The molecule has 154 valence electrons. The van der Waals surface area contributed by atoms with Gasteiger partial charge in [0, 0.05) is 19.6 Å². The van der Waals surface area contributed by atoms with Gasteiger partial charge < -0.3 is 10.0 Å². The predicted octanol–water partition coefficient (Wildman–Crippen LogP) is 2.98. The van der Waals surface area contributed by atoms with E-state index < -0.39 is 16.0 Å². The monoisotopic (exact) mass is 415 g/mol. The molecule has 1 aromatic carbocycles. The van der Waals surface area contributed by atoms with Gasteiger partial charge in [0.05, 0.1) is 11.3 Å². The number of carboxylic acids is 1. The number of hydrogen-bond donors (Lipinski definition) is 1. The average molecular weight is 416 g/mol. The Labute approximate surface area is 171 Å². The van der Waals surface area contributed by atoms with Gasteiger partial charge in [-0.2, -0.15) is 0 Å². The summed E-state index contributed by atoms with van der Waals surface area (Å²) in [5.74, 6) is 0.840. The molecular formula is C21H25N3O4S. The number of hydrogen-bond acceptors (Lipinski definition) is 5. The molecule has 1 saturated heterocycles. The SMILES string of the molecule is C[C@@H]1C[C@H]1CN(Cc1ccccc1)c1cc(C(=O)O)cc(N2CCCS2(=O)=O)n1. The lowest BCUT2D eigenvalue weighted by Crippen LogP contribution is -2.30.